The normalized spacial score (nSPS) is 16.1. The molecule has 1 aliphatic rings. The second kappa shape index (κ2) is 12.1. The number of aliphatic hydroxyl groups is 1. The molecule has 0 saturated heterocycles. The number of rotatable bonds is 9. The fourth-order valence-electron chi connectivity index (χ4n) is 3.11. The summed E-state index contributed by atoms with van der Waals surface area (Å²) in [5.41, 5.74) is 1.39. The van der Waals surface area contributed by atoms with Gasteiger partial charge in [0.05, 0.1) is 19.4 Å². The van der Waals surface area contributed by atoms with Gasteiger partial charge in [-0.2, -0.15) is 0 Å². The smallest absolute Gasteiger partial charge is 0.135 e. The van der Waals surface area contributed by atoms with E-state index in [0.717, 1.165) is 15.6 Å². The van der Waals surface area contributed by atoms with Gasteiger partial charge in [0, 0.05) is 28.4 Å². The van der Waals surface area contributed by atoms with E-state index >= 15 is 0 Å². The van der Waals surface area contributed by atoms with Gasteiger partial charge < -0.3 is 19.6 Å². The summed E-state index contributed by atoms with van der Waals surface area (Å²) in [6, 6.07) is 15.2. The Bertz CT molecular complexity index is 834. The summed E-state index contributed by atoms with van der Waals surface area (Å²) < 4.78 is 6.93. The van der Waals surface area contributed by atoms with Crippen molar-refractivity contribution >= 4 is 56.1 Å². The molecule has 0 radical (unpaired) electrons. The van der Waals surface area contributed by atoms with Crippen LogP contribution in [0.3, 0.4) is 0 Å². The maximum absolute atomic E-state index is 10.5. The second-order valence-electron chi connectivity index (χ2n) is 6.76. The molecule has 0 amide bonds. The van der Waals surface area contributed by atoms with Crippen molar-refractivity contribution in [2.75, 3.05) is 19.8 Å². The molecule has 0 aliphatic carbocycles. The predicted molar refractivity (Wildman–Crippen MR) is 132 cm³/mol. The lowest BCUT2D eigenvalue weighted by atomic mass is 10.1. The zero-order valence-corrected chi connectivity index (χ0v) is 21.0. The van der Waals surface area contributed by atoms with Crippen molar-refractivity contribution < 1.29 is 9.84 Å². The molecule has 30 heavy (non-hydrogen) atoms. The van der Waals surface area contributed by atoms with Crippen molar-refractivity contribution in [2.24, 2.45) is 0 Å². The molecule has 0 bridgehead atoms. The van der Waals surface area contributed by atoms with Crippen LogP contribution in [0.5, 0.6) is 0 Å². The molecule has 3 unspecified atom stereocenters. The van der Waals surface area contributed by atoms with Gasteiger partial charge in [-0.3, -0.25) is 0 Å². The number of alkyl halides is 1. The minimum Gasteiger partial charge on any atom is -0.387 e. The van der Waals surface area contributed by atoms with E-state index in [1.807, 2.05) is 70.7 Å². The lowest BCUT2D eigenvalue weighted by molar-refractivity contribution is 0.0310. The van der Waals surface area contributed by atoms with E-state index < -0.39 is 11.6 Å². The molecule has 2 aromatic carbocycles. The van der Waals surface area contributed by atoms with Crippen LogP contribution < -0.4 is 0 Å². The second-order valence-corrected chi connectivity index (χ2v) is 8.56. The molecule has 1 aliphatic heterocycles. The summed E-state index contributed by atoms with van der Waals surface area (Å²) >= 11 is 16.2. The third kappa shape index (κ3) is 6.74. The topological polar surface area (TPSA) is 35.9 Å². The molecule has 0 fully saturated rings. The van der Waals surface area contributed by atoms with Crippen molar-refractivity contribution in [3.63, 3.8) is 0 Å². The number of ether oxygens (including phenoxy) is 1. The number of aliphatic hydroxyl groups excluding tert-OH is 1. The van der Waals surface area contributed by atoms with Gasteiger partial charge in [-0.15, -0.1) is 23.6 Å². The van der Waals surface area contributed by atoms with Crippen molar-refractivity contribution in [2.45, 2.75) is 17.7 Å². The Morgan fingerprint density at radius 2 is 1.73 bits per heavy atom. The molecule has 0 aromatic heterocycles. The minimum absolute atomic E-state index is 0. The van der Waals surface area contributed by atoms with Gasteiger partial charge in [0.2, 0.25) is 0 Å². The van der Waals surface area contributed by atoms with Crippen LogP contribution in [-0.4, -0.2) is 40.2 Å². The van der Waals surface area contributed by atoms with E-state index in [-0.39, 0.29) is 23.1 Å². The lowest BCUT2D eigenvalue weighted by Gasteiger charge is -2.31. The predicted octanol–water partition coefficient (Wildman–Crippen LogP) is 6.27. The highest BCUT2D eigenvalue weighted by Crippen LogP contribution is 2.31. The summed E-state index contributed by atoms with van der Waals surface area (Å²) in [5.74, 6) is 0. The maximum Gasteiger partial charge on any atom is 0.135 e. The average molecular weight is 579 g/mol. The fourth-order valence-corrected chi connectivity index (χ4v) is 3.84. The summed E-state index contributed by atoms with van der Waals surface area (Å²) in [4.78, 5) is 4.01. The van der Waals surface area contributed by atoms with Crippen LogP contribution in [-0.2, 0) is 4.74 Å². The summed E-state index contributed by atoms with van der Waals surface area (Å²) in [5, 5.41) is 11.2. The van der Waals surface area contributed by atoms with Crippen LogP contribution in [0.2, 0.25) is 5.02 Å². The van der Waals surface area contributed by atoms with Crippen molar-refractivity contribution in [1.82, 2.24) is 9.80 Å². The van der Waals surface area contributed by atoms with Gasteiger partial charge in [0.15, 0.2) is 0 Å². The van der Waals surface area contributed by atoms with Crippen LogP contribution in [0, 0.1) is 0 Å². The van der Waals surface area contributed by atoms with E-state index in [4.69, 9.17) is 27.9 Å². The highest BCUT2D eigenvalue weighted by molar-refractivity contribution is 9.10. The summed E-state index contributed by atoms with van der Waals surface area (Å²) in [7, 11) is 0. The molecule has 3 atom stereocenters. The maximum atomic E-state index is 10.5. The number of halogens is 4. The zero-order valence-electron chi connectivity index (χ0n) is 16.2. The number of hydrogen-bond donors (Lipinski definition) is 1. The van der Waals surface area contributed by atoms with Crippen molar-refractivity contribution in [3.8, 4) is 0 Å². The van der Waals surface area contributed by atoms with E-state index in [9.17, 15) is 5.11 Å². The van der Waals surface area contributed by atoms with Gasteiger partial charge in [-0.1, -0.05) is 69.5 Å². The third-order valence-electron chi connectivity index (χ3n) is 4.63. The van der Waals surface area contributed by atoms with Crippen LogP contribution in [0.1, 0.15) is 23.3 Å². The number of benzene rings is 2. The zero-order chi connectivity index (χ0) is 20.8. The SMILES string of the molecule is Br.C=CCOC(c1ccc(Cl)cc1)C(Cl)N1C=CN(CC(O)c2ccc(Br)cc2)C1. The Kier molecular flexibility index (Phi) is 10.2. The minimum atomic E-state index is -0.592. The van der Waals surface area contributed by atoms with E-state index in [0.29, 0.717) is 24.8 Å². The largest absolute Gasteiger partial charge is 0.387 e. The number of hydrogen-bond acceptors (Lipinski definition) is 4. The van der Waals surface area contributed by atoms with Gasteiger partial charge in [-0.05, 0) is 35.4 Å². The molecule has 3 rings (SSSR count). The first kappa shape index (κ1) is 25.2. The average Bonchev–Trinajstić information content (AvgIpc) is 3.18. The Morgan fingerprint density at radius 3 is 2.37 bits per heavy atom. The Morgan fingerprint density at radius 1 is 1.10 bits per heavy atom. The third-order valence-corrected chi connectivity index (χ3v) is 5.90. The highest BCUT2D eigenvalue weighted by Gasteiger charge is 2.29. The molecule has 0 spiro atoms. The molecule has 2 aromatic rings. The Labute approximate surface area is 206 Å². The van der Waals surface area contributed by atoms with E-state index in [1.54, 1.807) is 6.08 Å². The van der Waals surface area contributed by atoms with Gasteiger partial charge in [0.25, 0.3) is 0 Å². The summed E-state index contributed by atoms with van der Waals surface area (Å²) in [6.45, 7) is 5.14. The van der Waals surface area contributed by atoms with Crippen LogP contribution in [0.15, 0.2) is 78.1 Å². The molecular weight excluding hydrogens is 555 g/mol. The first-order chi connectivity index (χ1) is 14.0. The van der Waals surface area contributed by atoms with E-state index in [2.05, 4.69) is 22.5 Å². The van der Waals surface area contributed by atoms with Crippen LogP contribution in [0.25, 0.3) is 0 Å². The lowest BCUT2D eigenvalue weighted by Crippen LogP contribution is -2.36. The monoisotopic (exact) mass is 576 g/mol. The first-order valence-corrected chi connectivity index (χ1v) is 10.8. The number of nitrogens with zero attached hydrogens (tertiary/aromatic N) is 2. The Hall–Kier alpha value is -1.02. The van der Waals surface area contributed by atoms with Gasteiger partial charge >= 0.3 is 0 Å². The van der Waals surface area contributed by atoms with Crippen molar-refractivity contribution in [3.05, 3.63) is 94.2 Å². The molecule has 1 N–H and O–H groups in total. The molecule has 4 nitrogen and oxygen atoms in total. The van der Waals surface area contributed by atoms with Gasteiger partial charge in [0.1, 0.15) is 11.6 Å². The molecule has 162 valence electrons. The molecule has 0 saturated carbocycles. The first-order valence-electron chi connectivity index (χ1n) is 9.21. The van der Waals surface area contributed by atoms with Crippen LogP contribution in [0.4, 0.5) is 0 Å². The van der Waals surface area contributed by atoms with Crippen LogP contribution >= 0.6 is 56.1 Å². The van der Waals surface area contributed by atoms with E-state index in [1.165, 1.54) is 0 Å². The van der Waals surface area contributed by atoms with Crippen molar-refractivity contribution in [1.29, 1.82) is 0 Å². The summed E-state index contributed by atoms with van der Waals surface area (Å²) in [6.07, 6.45) is 4.61. The molecular formula is C22H24Br2Cl2N2O2. The fraction of sp³-hybridized carbons (Fsp3) is 0.273. The van der Waals surface area contributed by atoms with Gasteiger partial charge in [-0.25, -0.2) is 0 Å². The molecule has 1 heterocycles. The molecule has 8 heteroatoms. The quantitative estimate of drug-likeness (QED) is 0.216. The number of β-amino-alcohol motifs (C(OH)–C–C–N with tert-alkyl or cyclic N) is 1. The Balaban J connectivity index is 0.00000320. The highest BCUT2D eigenvalue weighted by atomic mass is 79.9. The standard InChI is InChI=1S/C22H23BrCl2N2O2.BrH/c1-2-13-29-21(17-5-9-19(24)10-6-17)22(25)27-12-11-26(15-27)14-20(28)16-3-7-18(23)8-4-16;/h2-12,20-22,28H,1,13-15H2;1H.